The molecule has 7 nitrogen and oxygen atoms in total. The van der Waals surface area contributed by atoms with Crippen molar-refractivity contribution >= 4 is 32.0 Å². The Kier molecular flexibility index (Phi) is 4.14. The molecule has 9 heteroatoms. The molecule has 0 bridgehead atoms. The monoisotopic (exact) mass is 350 g/mol. The molecule has 0 unspecified atom stereocenters. The van der Waals surface area contributed by atoms with E-state index in [1.807, 2.05) is 30.3 Å². The van der Waals surface area contributed by atoms with Gasteiger partial charge in [0.15, 0.2) is 0 Å². The summed E-state index contributed by atoms with van der Waals surface area (Å²) >= 11 is 1.02. The van der Waals surface area contributed by atoms with E-state index < -0.39 is 9.84 Å². The van der Waals surface area contributed by atoms with Gasteiger partial charge in [-0.1, -0.05) is 41.7 Å². The van der Waals surface area contributed by atoms with Gasteiger partial charge in [-0.2, -0.15) is 0 Å². The van der Waals surface area contributed by atoms with E-state index in [4.69, 9.17) is 0 Å². The summed E-state index contributed by atoms with van der Waals surface area (Å²) in [5.74, 6) is -0.448. The van der Waals surface area contributed by atoms with E-state index in [2.05, 4.69) is 15.4 Å². The fourth-order valence-corrected chi connectivity index (χ4v) is 4.36. The number of carbonyl (C=O) groups is 1. The second-order valence-corrected chi connectivity index (χ2v) is 8.13. The van der Waals surface area contributed by atoms with Gasteiger partial charge in [0.25, 0.3) is 0 Å². The normalized spacial score (nSPS) is 11.7. The van der Waals surface area contributed by atoms with Crippen LogP contribution in [0.3, 0.4) is 0 Å². The first-order valence-corrected chi connectivity index (χ1v) is 9.31. The zero-order valence-electron chi connectivity index (χ0n) is 12.3. The van der Waals surface area contributed by atoms with Crippen LogP contribution in [0.1, 0.15) is 6.92 Å². The molecule has 2 heterocycles. The zero-order valence-corrected chi connectivity index (χ0v) is 13.9. The molecule has 0 aliphatic heterocycles. The van der Waals surface area contributed by atoms with Crippen LogP contribution >= 0.6 is 11.3 Å². The number of aromatic nitrogens is 3. The predicted molar refractivity (Wildman–Crippen MR) is 87.0 cm³/mol. The molecule has 1 N–H and O–H groups in total. The van der Waals surface area contributed by atoms with Gasteiger partial charge in [-0.25, -0.2) is 17.9 Å². The van der Waals surface area contributed by atoms with E-state index in [0.717, 1.165) is 22.6 Å². The number of fused-ring (bicyclic) bond motifs is 1. The number of hydrogen-bond acceptors (Lipinski definition) is 6. The molecule has 0 spiro atoms. The smallest absolute Gasteiger partial charge is 0.232 e. The summed E-state index contributed by atoms with van der Waals surface area (Å²) in [6, 6.07) is 9.59. The third-order valence-corrected chi connectivity index (χ3v) is 6.19. The van der Waals surface area contributed by atoms with E-state index in [0.29, 0.717) is 4.96 Å². The first kappa shape index (κ1) is 15.6. The van der Waals surface area contributed by atoms with Crippen LogP contribution in [0.5, 0.6) is 0 Å². The quantitative estimate of drug-likeness (QED) is 0.750. The lowest BCUT2D eigenvalue weighted by Crippen LogP contribution is -2.26. The molecule has 1 amide bonds. The van der Waals surface area contributed by atoms with Gasteiger partial charge in [0.2, 0.25) is 25.0 Å². The Morgan fingerprint density at radius 2 is 2.04 bits per heavy atom. The lowest BCUT2D eigenvalue weighted by molar-refractivity contribution is -0.118. The van der Waals surface area contributed by atoms with Crippen LogP contribution in [0.4, 0.5) is 0 Å². The third kappa shape index (κ3) is 3.40. The Morgan fingerprint density at radius 3 is 2.70 bits per heavy atom. The molecule has 1 aromatic carbocycles. The minimum atomic E-state index is -3.53. The maximum Gasteiger partial charge on any atom is 0.232 e. The number of hydrogen-bond donors (Lipinski definition) is 1. The average molecular weight is 350 g/mol. The Balaban J connectivity index is 1.84. The number of nitrogens with zero attached hydrogens (tertiary/aromatic N) is 3. The van der Waals surface area contributed by atoms with Crippen LogP contribution in [-0.4, -0.2) is 41.2 Å². The van der Waals surface area contributed by atoms with Crippen LogP contribution in [0.15, 0.2) is 40.9 Å². The SMILES string of the molecule is CC(=O)NCCS(=O)(=O)c1nn2cc(-c3ccccc3)nc2s1. The summed E-state index contributed by atoms with van der Waals surface area (Å²) in [5.41, 5.74) is 1.69. The van der Waals surface area contributed by atoms with Gasteiger partial charge < -0.3 is 5.32 Å². The molecule has 0 atom stereocenters. The zero-order chi connectivity index (χ0) is 16.4. The van der Waals surface area contributed by atoms with Crippen LogP contribution in [0.25, 0.3) is 16.2 Å². The van der Waals surface area contributed by atoms with Crippen molar-refractivity contribution < 1.29 is 13.2 Å². The van der Waals surface area contributed by atoms with Crippen LogP contribution in [0, 0.1) is 0 Å². The number of rotatable bonds is 5. The summed E-state index contributed by atoms with van der Waals surface area (Å²) in [4.78, 5) is 15.7. The van der Waals surface area contributed by atoms with Gasteiger partial charge in [-0.15, -0.1) is 5.10 Å². The molecule has 2 aromatic heterocycles. The molecule has 0 saturated carbocycles. The molecule has 3 rings (SSSR count). The minimum Gasteiger partial charge on any atom is -0.355 e. The Hall–Kier alpha value is -2.26. The summed E-state index contributed by atoms with van der Waals surface area (Å²) < 4.78 is 25.9. The summed E-state index contributed by atoms with van der Waals surface area (Å²) in [6.45, 7) is 1.41. The van der Waals surface area contributed by atoms with Crippen molar-refractivity contribution in [1.82, 2.24) is 19.9 Å². The number of sulfone groups is 1. The van der Waals surface area contributed by atoms with Gasteiger partial charge >= 0.3 is 0 Å². The minimum absolute atomic E-state index is 0.00460. The second kappa shape index (κ2) is 6.09. The van der Waals surface area contributed by atoms with Crippen LogP contribution in [-0.2, 0) is 14.6 Å². The van der Waals surface area contributed by atoms with E-state index in [9.17, 15) is 13.2 Å². The number of amides is 1. The van der Waals surface area contributed by atoms with Crippen molar-refractivity contribution in [2.45, 2.75) is 11.3 Å². The third-order valence-electron chi connectivity index (χ3n) is 3.10. The summed E-state index contributed by atoms with van der Waals surface area (Å²) in [7, 11) is -3.53. The van der Waals surface area contributed by atoms with Crippen molar-refractivity contribution in [3.8, 4) is 11.3 Å². The predicted octanol–water partition coefficient (Wildman–Crippen LogP) is 1.37. The van der Waals surface area contributed by atoms with Gasteiger partial charge in [-0.05, 0) is 0 Å². The molecule has 0 radical (unpaired) electrons. The van der Waals surface area contributed by atoms with Crippen molar-refractivity contribution in [1.29, 1.82) is 0 Å². The molecule has 0 aliphatic rings. The highest BCUT2D eigenvalue weighted by atomic mass is 32.2. The summed E-state index contributed by atoms with van der Waals surface area (Å²) in [5, 5.41) is 6.57. The standard InChI is InChI=1S/C14H14N4O3S2/c1-10(19)15-7-8-23(20,21)14-17-18-9-12(16-13(18)22-14)11-5-3-2-4-6-11/h2-6,9H,7-8H2,1H3,(H,15,19). The van der Waals surface area contributed by atoms with Gasteiger partial charge in [0.1, 0.15) is 0 Å². The molecule has 120 valence electrons. The lowest BCUT2D eigenvalue weighted by Gasteiger charge is -2.01. The second-order valence-electron chi connectivity index (χ2n) is 4.89. The number of imidazole rings is 1. The fraction of sp³-hybridized carbons (Fsp3) is 0.214. The number of carbonyl (C=O) groups excluding carboxylic acids is 1. The van der Waals surface area contributed by atoms with Crippen LogP contribution in [0.2, 0.25) is 0 Å². The highest BCUT2D eigenvalue weighted by Crippen LogP contribution is 2.24. The van der Waals surface area contributed by atoms with Crippen molar-refractivity contribution in [3.05, 3.63) is 36.5 Å². The fourth-order valence-electron chi connectivity index (χ4n) is 2.00. The largest absolute Gasteiger partial charge is 0.355 e. The van der Waals surface area contributed by atoms with Gasteiger partial charge in [-0.3, -0.25) is 4.79 Å². The lowest BCUT2D eigenvalue weighted by atomic mass is 10.2. The van der Waals surface area contributed by atoms with Crippen molar-refractivity contribution in [3.63, 3.8) is 0 Å². The average Bonchev–Trinajstić information content (AvgIpc) is 3.06. The Morgan fingerprint density at radius 1 is 1.30 bits per heavy atom. The Labute approximate surface area is 136 Å². The van der Waals surface area contributed by atoms with E-state index in [1.165, 1.54) is 11.4 Å². The molecule has 0 aliphatic carbocycles. The van der Waals surface area contributed by atoms with Crippen LogP contribution < -0.4 is 5.32 Å². The first-order chi connectivity index (χ1) is 11.0. The highest BCUT2D eigenvalue weighted by molar-refractivity contribution is 7.93. The van der Waals surface area contributed by atoms with E-state index in [-0.39, 0.29) is 22.5 Å². The highest BCUT2D eigenvalue weighted by Gasteiger charge is 2.21. The summed E-state index contributed by atoms with van der Waals surface area (Å²) in [6.07, 6.45) is 1.70. The number of benzene rings is 1. The maximum atomic E-state index is 12.2. The molecule has 0 saturated heterocycles. The Bertz CT molecular complexity index is 913. The van der Waals surface area contributed by atoms with Crippen molar-refractivity contribution in [2.75, 3.05) is 12.3 Å². The molecule has 23 heavy (non-hydrogen) atoms. The molecular weight excluding hydrogens is 336 g/mol. The topological polar surface area (TPSA) is 93.4 Å². The molecule has 3 aromatic rings. The molecule has 0 fully saturated rings. The van der Waals surface area contributed by atoms with Crippen molar-refractivity contribution in [2.24, 2.45) is 0 Å². The van der Waals surface area contributed by atoms with E-state index in [1.54, 1.807) is 6.20 Å². The van der Waals surface area contributed by atoms with Gasteiger partial charge in [0, 0.05) is 19.0 Å². The first-order valence-electron chi connectivity index (χ1n) is 6.84. The van der Waals surface area contributed by atoms with E-state index >= 15 is 0 Å². The number of nitrogens with one attached hydrogen (secondary N) is 1. The maximum absolute atomic E-state index is 12.2. The molecular formula is C14H14N4O3S2. The van der Waals surface area contributed by atoms with Gasteiger partial charge in [0.05, 0.1) is 17.6 Å².